The molecule has 2 heterocycles. The monoisotopic (exact) mass is 417 g/mol. The first-order valence-electron chi connectivity index (χ1n) is 7.75. The average molecular weight is 418 g/mol. The van der Waals surface area contributed by atoms with E-state index >= 15 is 0 Å². The Morgan fingerprint density at radius 1 is 1.28 bits per heavy atom. The molecular weight excluding hydrogens is 402 g/mol. The number of halogens is 1. The topological polar surface area (TPSA) is 54.3 Å². The van der Waals surface area contributed by atoms with Crippen LogP contribution in [0.25, 0.3) is 6.08 Å². The Labute approximate surface area is 159 Å². The Morgan fingerprint density at radius 3 is 2.72 bits per heavy atom. The van der Waals surface area contributed by atoms with Crippen molar-refractivity contribution >= 4 is 56.8 Å². The second-order valence-electron chi connectivity index (χ2n) is 5.61. The van der Waals surface area contributed by atoms with Crippen molar-refractivity contribution in [1.82, 2.24) is 9.88 Å². The molecule has 3 rings (SSSR count). The van der Waals surface area contributed by atoms with Crippen molar-refractivity contribution in [3.63, 3.8) is 0 Å². The van der Waals surface area contributed by atoms with Gasteiger partial charge < -0.3 is 4.57 Å². The minimum absolute atomic E-state index is 0.0596. The lowest BCUT2D eigenvalue weighted by atomic mass is 10.1. The van der Waals surface area contributed by atoms with E-state index in [0.717, 1.165) is 22.3 Å². The van der Waals surface area contributed by atoms with Crippen molar-refractivity contribution in [1.29, 1.82) is 0 Å². The number of anilines is 1. The number of thiocarbonyl (C=S) groups is 1. The third kappa shape index (κ3) is 3.29. The summed E-state index contributed by atoms with van der Waals surface area (Å²) >= 11 is 8.64. The molecule has 0 radical (unpaired) electrons. The maximum absolute atomic E-state index is 13.0. The number of carbonyl (C=O) groups excluding carboxylic acids is 2. The zero-order chi connectivity index (χ0) is 18.1. The van der Waals surface area contributed by atoms with Crippen molar-refractivity contribution in [2.45, 2.75) is 20.4 Å². The molecule has 2 amide bonds. The molecule has 0 atom stereocenters. The van der Waals surface area contributed by atoms with Crippen LogP contribution in [0.5, 0.6) is 0 Å². The van der Waals surface area contributed by atoms with E-state index in [-0.39, 0.29) is 10.7 Å². The Morgan fingerprint density at radius 2 is 2.04 bits per heavy atom. The molecule has 7 heteroatoms. The van der Waals surface area contributed by atoms with Gasteiger partial charge in [0.1, 0.15) is 5.57 Å². The molecule has 0 bridgehead atoms. The van der Waals surface area contributed by atoms with Gasteiger partial charge in [0, 0.05) is 22.9 Å². The number of aryl methyl sites for hydroxylation is 2. The van der Waals surface area contributed by atoms with Crippen molar-refractivity contribution in [2.75, 3.05) is 4.90 Å². The number of rotatable bonds is 3. The predicted molar refractivity (Wildman–Crippen MR) is 105 cm³/mol. The van der Waals surface area contributed by atoms with E-state index in [4.69, 9.17) is 12.2 Å². The highest BCUT2D eigenvalue weighted by Crippen LogP contribution is 2.27. The van der Waals surface area contributed by atoms with E-state index in [2.05, 4.69) is 21.2 Å². The maximum atomic E-state index is 13.0. The molecule has 1 aromatic heterocycles. The number of aromatic nitrogens is 1. The molecule has 0 aliphatic carbocycles. The van der Waals surface area contributed by atoms with Gasteiger partial charge in [-0.05, 0) is 68.0 Å². The van der Waals surface area contributed by atoms with Crippen molar-refractivity contribution in [2.24, 2.45) is 0 Å². The Kier molecular flexibility index (Phi) is 4.87. The summed E-state index contributed by atoms with van der Waals surface area (Å²) < 4.78 is 2.86. The van der Waals surface area contributed by atoms with Crippen LogP contribution in [0.2, 0.25) is 0 Å². The fraction of sp³-hybridized carbons (Fsp3) is 0.167. The summed E-state index contributed by atoms with van der Waals surface area (Å²) in [6, 6.07) is 9.27. The van der Waals surface area contributed by atoms with Crippen LogP contribution < -0.4 is 10.2 Å². The van der Waals surface area contributed by atoms with Crippen LogP contribution in [0.15, 0.2) is 46.6 Å². The van der Waals surface area contributed by atoms with E-state index < -0.39 is 11.8 Å². The van der Waals surface area contributed by atoms with Gasteiger partial charge in [-0.25, -0.2) is 0 Å². The number of carbonyl (C=O) groups is 2. The van der Waals surface area contributed by atoms with Crippen LogP contribution in [0, 0.1) is 6.92 Å². The SMILES string of the molecule is CCn1cccc1/C=C1\C(=O)NC(=S)N(c2ccc(Br)cc2C)C1=O. The standard InChI is InChI=1S/C18H16BrN3O2S/c1-3-21-8-4-5-13(21)10-14-16(23)20-18(25)22(17(14)24)15-7-6-12(19)9-11(15)2/h4-10H,3H2,1-2H3,(H,20,23,25)/b14-10+. The predicted octanol–water partition coefficient (Wildman–Crippen LogP) is 3.41. The highest BCUT2D eigenvalue weighted by atomic mass is 79.9. The van der Waals surface area contributed by atoms with E-state index in [1.165, 1.54) is 4.90 Å². The first-order valence-corrected chi connectivity index (χ1v) is 8.95. The van der Waals surface area contributed by atoms with E-state index in [0.29, 0.717) is 5.69 Å². The van der Waals surface area contributed by atoms with Gasteiger partial charge in [-0.2, -0.15) is 0 Å². The fourth-order valence-electron chi connectivity index (χ4n) is 2.74. The van der Waals surface area contributed by atoms with Crippen LogP contribution >= 0.6 is 28.1 Å². The third-order valence-electron chi connectivity index (χ3n) is 4.00. The molecule has 1 fully saturated rings. The molecule has 0 spiro atoms. The molecule has 1 saturated heterocycles. The largest absolute Gasteiger partial charge is 0.348 e. The molecule has 5 nitrogen and oxygen atoms in total. The highest BCUT2D eigenvalue weighted by Gasteiger charge is 2.35. The second kappa shape index (κ2) is 6.93. The van der Waals surface area contributed by atoms with Crippen LogP contribution in [-0.2, 0) is 16.1 Å². The molecular formula is C18H16BrN3O2S. The van der Waals surface area contributed by atoms with Crippen molar-refractivity contribution < 1.29 is 9.59 Å². The number of nitrogens with zero attached hydrogens (tertiary/aromatic N) is 2. The summed E-state index contributed by atoms with van der Waals surface area (Å²) in [5.41, 5.74) is 2.37. The molecule has 1 aliphatic heterocycles. The van der Waals surface area contributed by atoms with Crippen LogP contribution in [0.1, 0.15) is 18.2 Å². The minimum Gasteiger partial charge on any atom is -0.348 e. The van der Waals surface area contributed by atoms with E-state index in [1.807, 2.05) is 48.9 Å². The Balaban J connectivity index is 2.06. The zero-order valence-corrected chi connectivity index (χ0v) is 16.1. The average Bonchev–Trinajstić information content (AvgIpc) is 3.00. The number of amides is 2. The van der Waals surface area contributed by atoms with Gasteiger partial charge >= 0.3 is 0 Å². The quantitative estimate of drug-likeness (QED) is 0.472. The van der Waals surface area contributed by atoms with Crippen molar-refractivity contribution in [3.05, 3.63) is 57.8 Å². The minimum atomic E-state index is -0.482. The number of hydrogen-bond acceptors (Lipinski definition) is 3. The molecule has 1 N–H and O–H groups in total. The third-order valence-corrected chi connectivity index (χ3v) is 4.78. The van der Waals surface area contributed by atoms with Crippen LogP contribution in [0.4, 0.5) is 5.69 Å². The van der Waals surface area contributed by atoms with Crippen LogP contribution in [-0.4, -0.2) is 21.5 Å². The normalized spacial score (nSPS) is 16.5. The van der Waals surface area contributed by atoms with Gasteiger partial charge in [-0.15, -0.1) is 0 Å². The lowest BCUT2D eigenvalue weighted by molar-refractivity contribution is -0.122. The highest BCUT2D eigenvalue weighted by molar-refractivity contribution is 9.10. The van der Waals surface area contributed by atoms with Crippen molar-refractivity contribution in [3.8, 4) is 0 Å². The van der Waals surface area contributed by atoms with Gasteiger partial charge in [-0.3, -0.25) is 19.8 Å². The Hall–Kier alpha value is -2.25. The molecule has 2 aromatic rings. The molecule has 1 aliphatic rings. The van der Waals surface area contributed by atoms with E-state index in [9.17, 15) is 9.59 Å². The molecule has 25 heavy (non-hydrogen) atoms. The smallest absolute Gasteiger partial charge is 0.270 e. The van der Waals surface area contributed by atoms with Gasteiger partial charge in [0.15, 0.2) is 5.11 Å². The number of benzene rings is 1. The van der Waals surface area contributed by atoms with Gasteiger partial charge in [0.25, 0.3) is 11.8 Å². The lowest BCUT2D eigenvalue weighted by Crippen LogP contribution is -2.54. The first-order chi connectivity index (χ1) is 11.9. The summed E-state index contributed by atoms with van der Waals surface area (Å²) in [5, 5.41) is 2.69. The zero-order valence-electron chi connectivity index (χ0n) is 13.7. The van der Waals surface area contributed by atoms with E-state index in [1.54, 1.807) is 12.1 Å². The molecule has 128 valence electrons. The molecule has 0 saturated carbocycles. The van der Waals surface area contributed by atoms with Gasteiger partial charge in [0.05, 0.1) is 5.69 Å². The molecule has 1 aromatic carbocycles. The summed E-state index contributed by atoms with van der Waals surface area (Å²) in [6.07, 6.45) is 3.50. The maximum Gasteiger partial charge on any atom is 0.270 e. The number of hydrogen-bond donors (Lipinski definition) is 1. The second-order valence-corrected chi connectivity index (χ2v) is 6.91. The fourth-order valence-corrected chi connectivity index (χ4v) is 3.49. The Bertz CT molecular complexity index is 917. The lowest BCUT2D eigenvalue weighted by Gasteiger charge is -2.30. The summed E-state index contributed by atoms with van der Waals surface area (Å²) in [6.45, 7) is 4.63. The summed E-state index contributed by atoms with van der Waals surface area (Å²) in [4.78, 5) is 26.7. The summed E-state index contributed by atoms with van der Waals surface area (Å²) in [7, 11) is 0. The van der Waals surface area contributed by atoms with Gasteiger partial charge in [0.2, 0.25) is 0 Å². The molecule has 0 unspecified atom stereocenters. The van der Waals surface area contributed by atoms with Crippen LogP contribution in [0.3, 0.4) is 0 Å². The van der Waals surface area contributed by atoms with Gasteiger partial charge in [-0.1, -0.05) is 15.9 Å². The first kappa shape index (κ1) is 17.6. The number of nitrogens with one attached hydrogen (secondary N) is 1. The summed E-state index contributed by atoms with van der Waals surface area (Å²) in [5.74, 6) is -0.909.